The lowest BCUT2D eigenvalue weighted by atomic mass is 9.33. The molecule has 0 bridgehead atoms. The first-order chi connectivity index (χ1) is 52.7. The molecule has 14 aromatic rings. The Kier molecular flexibility index (Phi) is 17.8. The summed E-state index contributed by atoms with van der Waals surface area (Å²) in [7, 11) is 0. The van der Waals surface area contributed by atoms with Gasteiger partial charge in [0.1, 0.15) is 0 Å². The Morgan fingerprint density at radius 1 is 0.204 bits per heavy atom. The fourth-order valence-corrected chi connectivity index (χ4v) is 17.6. The summed E-state index contributed by atoms with van der Waals surface area (Å²) in [6.07, 6.45) is 0. The third-order valence-corrected chi connectivity index (χ3v) is 24.8. The number of fused-ring (bicyclic) bond motifs is 10. The summed E-state index contributed by atoms with van der Waals surface area (Å²) in [6.45, 7) is 64.1. The van der Waals surface area contributed by atoms with E-state index in [1.54, 1.807) is 0 Å². The maximum Gasteiger partial charge on any atom is 0.252 e. The van der Waals surface area contributed by atoms with Crippen LogP contribution in [0.2, 0.25) is 0 Å². The van der Waals surface area contributed by atoms with Gasteiger partial charge in [-0.15, -0.1) is 0 Å². The number of hydrogen-bond donors (Lipinski definition) is 0. The molecule has 0 aliphatic carbocycles. The smallest absolute Gasteiger partial charge is 0.252 e. The van der Waals surface area contributed by atoms with E-state index in [2.05, 4.69) is 436 Å². The topological polar surface area (TPSA) is 16.3 Å². The van der Waals surface area contributed by atoms with Crippen molar-refractivity contribution in [1.29, 1.82) is 0 Å². The van der Waals surface area contributed by atoms with Crippen LogP contribution in [-0.2, 0) is 48.7 Å². The van der Waals surface area contributed by atoms with Crippen LogP contribution in [0, 0.1) is 0 Å². The highest BCUT2D eigenvalue weighted by atomic mass is 15.2. The molecule has 12 aromatic carbocycles. The first-order valence-corrected chi connectivity index (χ1v) is 41.6. The lowest BCUT2D eigenvalue weighted by Gasteiger charge is -2.46. The average molecular weight is 1480 g/mol. The largest absolute Gasteiger partial charge is 0.311 e. The summed E-state index contributed by atoms with van der Waals surface area (Å²) in [6, 6.07) is 91.9. The van der Waals surface area contributed by atoms with Crippen LogP contribution in [0.3, 0.4) is 0 Å². The standard InChI is InChI=1S/C108H119BN4/c1-100(2,3)70-42-47-91(83(59-70)68-51-74(104(13,14)15)57-75(52-68)105(16,17)18)112-95-55-66(67-49-72(102(7,8)9)56-73(50-67)103(10,11)12)41-45-87(95)109-88-46-44-80(111-90-40-34-32-38-82(90)86-64-93-85(65-94(86)111)81-37-31-33-39-89(81)110(93)79-35-29-28-30-36-79)63-96(88)113(98-62-78(108(25,26)27)61-97(112)99(98)109)92-48-43-71(101(4,5)6)60-84(92)69-53-76(106(19,20)21)58-77(54-69)107(22,23)24/h28-65H,1-27H3. The predicted molar refractivity (Wildman–Crippen MR) is 494 cm³/mol. The van der Waals surface area contributed by atoms with E-state index < -0.39 is 0 Å². The fourth-order valence-electron chi connectivity index (χ4n) is 17.6. The van der Waals surface area contributed by atoms with Crippen LogP contribution in [0.25, 0.3) is 88.4 Å². The number of hydrogen-bond acceptors (Lipinski definition) is 2. The minimum atomic E-state index is -0.305. The highest BCUT2D eigenvalue weighted by molar-refractivity contribution is 7.00. The Labute approximate surface area is 676 Å². The van der Waals surface area contributed by atoms with Crippen LogP contribution in [0.5, 0.6) is 0 Å². The zero-order valence-corrected chi connectivity index (χ0v) is 72.8. The van der Waals surface area contributed by atoms with Gasteiger partial charge in [-0.1, -0.05) is 326 Å². The highest BCUT2D eigenvalue weighted by Crippen LogP contribution is 2.54. The summed E-state index contributed by atoms with van der Waals surface area (Å²) in [4.78, 5) is 5.50. The molecule has 0 atom stereocenters. The third-order valence-electron chi connectivity index (χ3n) is 24.8. The molecule has 113 heavy (non-hydrogen) atoms. The molecule has 0 saturated heterocycles. The molecule has 0 radical (unpaired) electrons. The minimum absolute atomic E-state index is 0.0891. The predicted octanol–water partition coefficient (Wildman–Crippen LogP) is 28.6. The Hall–Kier alpha value is -10.1. The van der Waals surface area contributed by atoms with E-state index in [1.165, 1.54) is 161 Å². The van der Waals surface area contributed by atoms with Crippen LogP contribution >= 0.6 is 0 Å². The van der Waals surface area contributed by atoms with Crippen molar-refractivity contribution in [1.82, 2.24) is 9.13 Å². The molecule has 16 rings (SSSR count). The number of para-hydroxylation sites is 3. The second-order valence-electron chi connectivity index (χ2n) is 42.6. The summed E-state index contributed by atoms with van der Waals surface area (Å²) in [5.41, 5.74) is 35.8. The molecule has 4 nitrogen and oxygen atoms in total. The van der Waals surface area contributed by atoms with Gasteiger partial charge in [-0.3, -0.25) is 0 Å². The van der Waals surface area contributed by atoms with Crippen LogP contribution < -0.4 is 26.2 Å². The van der Waals surface area contributed by atoms with Gasteiger partial charge in [-0.2, -0.15) is 0 Å². The van der Waals surface area contributed by atoms with E-state index in [1.807, 2.05) is 0 Å². The van der Waals surface area contributed by atoms with Crippen molar-refractivity contribution in [3.8, 4) is 44.8 Å². The van der Waals surface area contributed by atoms with E-state index in [0.717, 1.165) is 28.4 Å². The van der Waals surface area contributed by atoms with Crippen LogP contribution in [-0.4, -0.2) is 15.8 Å². The van der Waals surface area contributed by atoms with Crippen molar-refractivity contribution in [3.63, 3.8) is 0 Å². The Morgan fingerprint density at radius 2 is 0.540 bits per heavy atom. The van der Waals surface area contributed by atoms with Gasteiger partial charge in [0.25, 0.3) is 6.71 Å². The number of rotatable bonds is 7. The molecular formula is C108H119BN4. The molecule has 0 saturated carbocycles. The molecule has 0 N–H and O–H groups in total. The van der Waals surface area contributed by atoms with Crippen LogP contribution in [0.15, 0.2) is 231 Å². The summed E-state index contributed by atoms with van der Waals surface area (Å²) in [5, 5.41) is 4.89. The van der Waals surface area contributed by atoms with Crippen LogP contribution in [0.4, 0.5) is 34.1 Å². The van der Waals surface area contributed by atoms with Gasteiger partial charge in [-0.25, -0.2) is 0 Å². The molecule has 5 heteroatoms. The first-order valence-electron chi connectivity index (χ1n) is 41.6. The molecule has 574 valence electrons. The highest BCUT2D eigenvalue weighted by Gasteiger charge is 2.46. The summed E-state index contributed by atoms with van der Waals surface area (Å²) < 4.78 is 5.04. The third kappa shape index (κ3) is 13.6. The molecule has 2 aromatic heterocycles. The van der Waals surface area contributed by atoms with Crippen molar-refractivity contribution >= 4 is 101 Å². The maximum atomic E-state index is 2.75. The maximum absolute atomic E-state index is 2.75. The van der Waals surface area contributed by atoms with Gasteiger partial charge < -0.3 is 18.9 Å². The van der Waals surface area contributed by atoms with Crippen molar-refractivity contribution in [2.45, 2.75) is 236 Å². The second-order valence-corrected chi connectivity index (χ2v) is 42.6. The number of benzene rings is 12. The lowest BCUT2D eigenvalue weighted by molar-refractivity contribution is 0.568. The van der Waals surface area contributed by atoms with Crippen molar-refractivity contribution in [2.24, 2.45) is 0 Å². The zero-order valence-electron chi connectivity index (χ0n) is 72.8. The quantitative estimate of drug-likeness (QED) is 0.148. The fraction of sp³-hybridized carbons (Fsp3) is 0.333. The van der Waals surface area contributed by atoms with Crippen molar-refractivity contribution in [3.05, 3.63) is 281 Å². The van der Waals surface area contributed by atoms with E-state index in [-0.39, 0.29) is 55.4 Å². The molecule has 0 fully saturated rings. The molecule has 0 unspecified atom stereocenters. The monoisotopic (exact) mass is 1480 g/mol. The summed E-state index contributed by atoms with van der Waals surface area (Å²) >= 11 is 0. The van der Waals surface area contributed by atoms with E-state index in [9.17, 15) is 0 Å². The first kappa shape index (κ1) is 76.9. The molecule has 0 spiro atoms. The second kappa shape index (κ2) is 26.2. The van der Waals surface area contributed by atoms with E-state index >= 15 is 0 Å². The average Bonchev–Trinajstić information content (AvgIpc) is 1.31. The number of nitrogens with zero attached hydrogens (tertiary/aromatic N) is 4. The van der Waals surface area contributed by atoms with Gasteiger partial charge >= 0.3 is 0 Å². The molecular weight excluding hydrogens is 1360 g/mol. The van der Waals surface area contributed by atoms with Gasteiger partial charge in [-0.05, 0) is 228 Å². The van der Waals surface area contributed by atoms with Gasteiger partial charge in [0.15, 0.2) is 0 Å². The van der Waals surface area contributed by atoms with Crippen LogP contribution in [0.1, 0.15) is 237 Å². The minimum Gasteiger partial charge on any atom is -0.311 e. The van der Waals surface area contributed by atoms with Crippen molar-refractivity contribution < 1.29 is 0 Å². The Balaban J connectivity index is 1.07. The normalized spacial score (nSPS) is 13.9. The molecule has 2 aliphatic heterocycles. The Morgan fingerprint density at radius 3 is 0.929 bits per heavy atom. The SMILES string of the molecule is CC(C)(C)c1cc(-c2ccc3c(c2)N(c2ccc(C(C)(C)C)cc2-c2cc(C(C)(C)C)cc(C(C)(C)C)c2)c2cc(C(C)(C)C)cc4c2B3c2ccc(-n3c5ccccc5c5cc6c(cc53)c3ccccc3n6-c3ccccc3)cc2N4c2ccc(C(C)(C)C)cc2-c2cc(C(C)(C)C)cc(C(C)(C)C)c2)cc(C(C)(C)C)c1. The molecule has 0 amide bonds. The van der Waals surface area contributed by atoms with E-state index in [0.29, 0.717) is 0 Å². The number of anilines is 6. The van der Waals surface area contributed by atoms with Gasteiger partial charge in [0.05, 0.1) is 33.4 Å². The molecule has 4 heterocycles. The molecule has 2 aliphatic rings. The summed E-state index contributed by atoms with van der Waals surface area (Å²) in [5.74, 6) is 0. The lowest BCUT2D eigenvalue weighted by Crippen LogP contribution is -2.61. The Bertz CT molecular complexity index is 6080. The van der Waals surface area contributed by atoms with E-state index in [4.69, 9.17) is 0 Å². The van der Waals surface area contributed by atoms with Crippen molar-refractivity contribution in [2.75, 3.05) is 9.80 Å². The van der Waals surface area contributed by atoms with Gasteiger partial charge in [0, 0.05) is 66.8 Å². The zero-order chi connectivity index (χ0) is 80.9. The number of aromatic nitrogens is 2. The van der Waals surface area contributed by atoms with Gasteiger partial charge in [0.2, 0.25) is 0 Å².